The van der Waals surface area contributed by atoms with Gasteiger partial charge in [-0.15, -0.1) is 0 Å². The summed E-state index contributed by atoms with van der Waals surface area (Å²) in [6.45, 7) is 3.30. The van der Waals surface area contributed by atoms with Gasteiger partial charge in [-0.05, 0) is 36.4 Å². The fraction of sp³-hybridized carbons (Fsp3) is 0.333. The van der Waals surface area contributed by atoms with E-state index in [4.69, 9.17) is 14.3 Å². The van der Waals surface area contributed by atoms with Crippen LogP contribution in [0.25, 0.3) is 6.08 Å². The Kier molecular flexibility index (Phi) is 9.35. The van der Waals surface area contributed by atoms with E-state index in [-0.39, 0.29) is 67.4 Å². The molecule has 192 valence electrons. The standard InChI is InChI=1S/C24H25FN4O7.Na.H/c1-15(30)26-13-18-14-29(24(34)36-18)16-2-5-20(19(25)12-16)27-8-10-28(11-9-27)22(31)7-4-17-3-6-21(35-17)23(32)33;;/h2-7,12,18H,8-11,13-14H2,1H3,(H,26,30)(H,32,33);;/q;+1;-1. The number of nitrogens with one attached hydrogen (secondary N) is 1. The quantitative estimate of drug-likeness (QED) is 0.350. The summed E-state index contributed by atoms with van der Waals surface area (Å²) in [4.78, 5) is 51.3. The molecule has 0 saturated carbocycles. The Hall–Kier alpha value is -3.35. The van der Waals surface area contributed by atoms with Gasteiger partial charge in [-0.1, -0.05) is 0 Å². The molecule has 2 aromatic rings. The Bertz CT molecular complexity index is 1220. The average Bonchev–Trinajstić information content (AvgIpc) is 3.48. The summed E-state index contributed by atoms with van der Waals surface area (Å²) in [6.07, 6.45) is 1.59. The molecule has 0 spiro atoms. The molecule has 4 rings (SSSR count). The van der Waals surface area contributed by atoms with Gasteiger partial charge in [-0.3, -0.25) is 14.5 Å². The summed E-state index contributed by atoms with van der Waals surface area (Å²) >= 11 is 0. The molecule has 0 aliphatic carbocycles. The van der Waals surface area contributed by atoms with Gasteiger partial charge in [0.1, 0.15) is 17.7 Å². The maximum absolute atomic E-state index is 15.0. The van der Waals surface area contributed by atoms with E-state index in [0.717, 1.165) is 0 Å². The smallest absolute Gasteiger partial charge is 1.00 e. The number of nitrogens with zero attached hydrogens (tertiary/aromatic N) is 3. The minimum Gasteiger partial charge on any atom is -1.00 e. The summed E-state index contributed by atoms with van der Waals surface area (Å²) in [5.41, 5.74) is 0.718. The van der Waals surface area contributed by atoms with E-state index < -0.39 is 24.0 Å². The number of furan rings is 1. The molecule has 3 heterocycles. The van der Waals surface area contributed by atoms with Gasteiger partial charge in [-0.25, -0.2) is 14.0 Å². The Balaban J connectivity index is 0.00000253. The number of cyclic esters (lactones) is 1. The van der Waals surface area contributed by atoms with Crippen LogP contribution < -0.4 is 44.7 Å². The van der Waals surface area contributed by atoms with E-state index in [1.807, 2.05) is 4.90 Å². The normalized spacial score (nSPS) is 17.5. The molecule has 2 aliphatic rings. The van der Waals surface area contributed by atoms with Gasteiger partial charge in [0.05, 0.1) is 24.5 Å². The molecule has 0 bridgehead atoms. The van der Waals surface area contributed by atoms with Gasteiger partial charge in [0, 0.05) is 39.2 Å². The molecule has 37 heavy (non-hydrogen) atoms. The second-order valence-electron chi connectivity index (χ2n) is 8.34. The van der Waals surface area contributed by atoms with Gasteiger partial charge in [0.15, 0.2) is 0 Å². The number of piperazine rings is 1. The number of hydrogen-bond acceptors (Lipinski definition) is 7. The molecule has 1 aromatic heterocycles. The monoisotopic (exact) mass is 524 g/mol. The van der Waals surface area contributed by atoms with Crippen molar-refractivity contribution >= 4 is 41.3 Å². The van der Waals surface area contributed by atoms with E-state index in [1.54, 1.807) is 17.0 Å². The molecular weight excluding hydrogens is 498 g/mol. The average molecular weight is 524 g/mol. The molecule has 2 saturated heterocycles. The number of carboxylic acid groups (broad SMARTS) is 1. The number of benzene rings is 1. The third-order valence-electron chi connectivity index (χ3n) is 5.86. The summed E-state index contributed by atoms with van der Waals surface area (Å²) in [7, 11) is 0. The van der Waals surface area contributed by atoms with E-state index >= 15 is 0 Å². The van der Waals surface area contributed by atoms with Crippen molar-refractivity contribution in [2.24, 2.45) is 0 Å². The Morgan fingerprint density at radius 1 is 1.19 bits per heavy atom. The molecule has 0 radical (unpaired) electrons. The van der Waals surface area contributed by atoms with Gasteiger partial charge in [0.25, 0.3) is 0 Å². The Morgan fingerprint density at radius 2 is 1.92 bits per heavy atom. The number of anilines is 2. The topological polar surface area (TPSA) is 133 Å². The van der Waals surface area contributed by atoms with Gasteiger partial charge >= 0.3 is 41.6 Å². The first-order valence-corrected chi connectivity index (χ1v) is 11.3. The third-order valence-corrected chi connectivity index (χ3v) is 5.86. The number of carboxylic acids is 1. The zero-order valence-electron chi connectivity index (χ0n) is 21.5. The van der Waals surface area contributed by atoms with E-state index in [9.17, 15) is 23.6 Å². The number of rotatable bonds is 7. The van der Waals surface area contributed by atoms with Gasteiger partial charge in [0.2, 0.25) is 17.6 Å². The molecule has 11 nitrogen and oxygen atoms in total. The molecule has 2 N–H and O–H groups in total. The third kappa shape index (κ3) is 6.90. The van der Waals surface area contributed by atoms with Gasteiger partial charge < -0.3 is 30.8 Å². The molecule has 13 heteroatoms. The van der Waals surface area contributed by atoms with E-state index in [2.05, 4.69) is 5.32 Å². The first-order valence-electron chi connectivity index (χ1n) is 11.3. The van der Waals surface area contributed by atoms with Crippen LogP contribution in [-0.2, 0) is 14.3 Å². The molecule has 2 aliphatic heterocycles. The van der Waals surface area contributed by atoms with Crippen LogP contribution in [0.4, 0.5) is 20.6 Å². The predicted molar refractivity (Wildman–Crippen MR) is 127 cm³/mol. The second-order valence-corrected chi connectivity index (χ2v) is 8.34. The Morgan fingerprint density at radius 3 is 2.54 bits per heavy atom. The maximum atomic E-state index is 15.0. The van der Waals surface area contributed by atoms with Crippen LogP contribution in [0, 0.1) is 5.82 Å². The van der Waals surface area contributed by atoms with Crippen LogP contribution in [0.3, 0.4) is 0 Å². The van der Waals surface area contributed by atoms with Crippen molar-refractivity contribution < 1.29 is 68.8 Å². The minimum atomic E-state index is -1.19. The number of aromatic carboxylic acids is 1. The molecule has 1 atom stereocenters. The van der Waals surface area contributed by atoms with Crippen molar-refractivity contribution in [1.29, 1.82) is 0 Å². The van der Waals surface area contributed by atoms with Crippen molar-refractivity contribution in [3.05, 3.63) is 53.7 Å². The van der Waals surface area contributed by atoms with Crippen LogP contribution >= 0.6 is 0 Å². The fourth-order valence-electron chi connectivity index (χ4n) is 4.00. The molecular formula is C24H26FN4NaO7. The summed E-state index contributed by atoms with van der Waals surface area (Å²) < 4.78 is 25.3. The van der Waals surface area contributed by atoms with Crippen LogP contribution in [0.2, 0.25) is 0 Å². The van der Waals surface area contributed by atoms with Crippen molar-refractivity contribution in [2.45, 2.75) is 13.0 Å². The maximum Gasteiger partial charge on any atom is 1.00 e. The van der Waals surface area contributed by atoms with Crippen molar-refractivity contribution in [3.8, 4) is 0 Å². The van der Waals surface area contributed by atoms with Crippen LogP contribution in [0.15, 0.2) is 40.8 Å². The van der Waals surface area contributed by atoms with E-state index in [1.165, 1.54) is 42.2 Å². The van der Waals surface area contributed by atoms with Crippen LogP contribution in [0.1, 0.15) is 24.7 Å². The fourth-order valence-corrected chi connectivity index (χ4v) is 4.00. The zero-order chi connectivity index (χ0) is 25.8. The molecule has 2 fully saturated rings. The van der Waals surface area contributed by atoms with Crippen molar-refractivity contribution in [2.75, 3.05) is 49.1 Å². The SMILES string of the molecule is CC(=O)NCC1CN(c2ccc(N3CCN(C(=O)C=Cc4ccc(C(=O)O)o4)CC3)c(F)c2)C(=O)O1.[H-].[Na+]. The summed E-state index contributed by atoms with van der Waals surface area (Å²) in [5.74, 6) is -2.15. The number of carbonyl (C=O) groups is 4. The van der Waals surface area contributed by atoms with E-state index in [0.29, 0.717) is 37.6 Å². The Labute approximate surface area is 235 Å². The minimum absolute atomic E-state index is 0. The first kappa shape index (κ1) is 28.2. The number of hydrogen-bond donors (Lipinski definition) is 2. The van der Waals surface area contributed by atoms with Crippen LogP contribution in [0.5, 0.6) is 0 Å². The number of halogens is 1. The van der Waals surface area contributed by atoms with Crippen LogP contribution in [-0.4, -0.2) is 79.3 Å². The predicted octanol–water partition coefficient (Wildman–Crippen LogP) is -0.943. The van der Waals surface area contributed by atoms with Gasteiger partial charge in [-0.2, -0.15) is 0 Å². The zero-order valence-corrected chi connectivity index (χ0v) is 22.5. The molecule has 1 unspecified atom stereocenters. The molecule has 1 aromatic carbocycles. The first-order chi connectivity index (χ1) is 17.2. The summed E-state index contributed by atoms with van der Waals surface area (Å²) in [6, 6.07) is 7.26. The second kappa shape index (κ2) is 12.3. The van der Waals surface area contributed by atoms with Crippen molar-refractivity contribution in [3.63, 3.8) is 0 Å². The number of ether oxygens (including phenoxy) is 1. The summed E-state index contributed by atoms with van der Waals surface area (Å²) in [5, 5.41) is 11.5. The van der Waals surface area contributed by atoms with Crippen molar-refractivity contribution in [1.82, 2.24) is 10.2 Å². The number of amides is 3. The largest absolute Gasteiger partial charge is 1.00 e. The number of carbonyl (C=O) groups excluding carboxylic acids is 3. The molecule has 3 amide bonds.